The largest absolute Gasteiger partial charge is 1.00 e. The third-order valence-electron chi connectivity index (χ3n) is 2.36. The van der Waals surface area contributed by atoms with Crippen LogP contribution in [0.15, 0.2) is 18.2 Å². The molecule has 0 aliphatic heterocycles. The number of rotatable bonds is 2. The van der Waals surface area contributed by atoms with Crippen LogP contribution in [0.25, 0.3) is 0 Å². The molecule has 0 atom stereocenters. The fraction of sp³-hybridized carbons (Fsp3) is 0.625. The molecule has 0 aliphatic carbocycles. The summed E-state index contributed by atoms with van der Waals surface area (Å²) in [4.78, 5) is 0. The zero-order valence-corrected chi connectivity index (χ0v) is 12.6. The van der Waals surface area contributed by atoms with Gasteiger partial charge < -0.3 is 0 Å². The van der Waals surface area contributed by atoms with Crippen LogP contribution in [-0.2, 0) is 12.8 Å². The first-order valence-corrected chi connectivity index (χ1v) is 6.16. The molecule has 1 rings (SSSR count). The minimum absolute atomic E-state index is 0. The number of hydrogen-bond donors (Lipinski definition) is 0. The van der Waals surface area contributed by atoms with Crippen LogP contribution in [0.5, 0.6) is 0 Å². The Hall–Kier alpha value is -0.183. The molecular formula is C16H25Li. The van der Waals surface area contributed by atoms with Crippen molar-refractivity contribution in [1.82, 2.24) is 0 Å². The van der Waals surface area contributed by atoms with Crippen LogP contribution in [-0.4, -0.2) is 0 Å². The van der Waals surface area contributed by atoms with E-state index in [1.54, 1.807) is 0 Å². The van der Waals surface area contributed by atoms with E-state index in [-0.39, 0.29) is 18.9 Å². The van der Waals surface area contributed by atoms with Crippen LogP contribution < -0.4 is 18.9 Å². The molecule has 90 valence electrons. The van der Waals surface area contributed by atoms with E-state index >= 15 is 0 Å². The Bertz CT molecular complexity index is 308. The van der Waals surface area contributed by atoms with Crippen molar-refractivity contribution in [3.8, 4) is 0 Å². The topological polar surface area (TPSA) is 0 Å². The molecule has 0 saturated heterocycles. The maximum Gasteiger partial charge on any atom is 1.00 e. The minimum atomic E-state index is 0. The maximum atomic E-state index is 3.56. The van der Waals surface area contributed by atoms with Crippen LogP contribution in [0.1, 0.15) is 52.7 Å². The summed E-state index contributed by atoms with van der Waals surface area (Å²) in [5, 5.41) is 0. The molecule has 0 amide bonds. The Kier molecular flexibility index (Phi) is 6.06. The summed E-state index contributed by atoms with van der Waals surface area (Å²) in [6.45, 7) is 13.7. The van der Waals surface area contributed by atoms with E-state index in [1.807, 2.05) is 0 Å². The molecule has 0 nitrogen and oxygen atoms in total. The van der Waals surface area contributed by atoms with Gasteiger partial charge in [-0.05, 0) is 23.7 Å². The van der Waals surface area contributed by atoms with E-state index in [0.29, 0.717) is 10.8 Å². The Morgan fingerprint density at radius 1 is 0.824 bits per heavy atom. The third-order valence-corrected chi connectivity index (χ3v) is 2.36. The number of hydrogen-bond acceptors (Lipinski definition) is 0. The average molecular weight is 224 g/mol. The second-order valence-electron chi connectivity index (χ2n) is 7.18. The standard InChI is InChI=1S/C16H25.Li/c1-15(2,3)11-13-8-7-9-14(10-13)12-16(4,5)6;/h7-9H,11-12H2,1-6H3;/q-1;+1. The summed E-state index contributed by atoms with van der Waals surface area (Å²) in [6.07, 6.45) is 2.20. The molecule has 0 aromatic heterocycles. The molecular weight excluding hydrogens is 199 g/mol. The van der Waals surface area contributed by atoms with Crippen LogP contribution in [0.4, 0.5) is 0 Å². The summed E-state index contributed by atoms with van der Waals surface area (Å²) >= 11 is 0. The average Bonchev–Trinajstić information content (AvgIpc) is 1.96. The molecule has 0 saturated carbocycles. The Morgan fingerprint density at radius 2 is 1.18 bits per heavy atom. The van der Waals surface area contributed by atoms with Crippen molar-refractivity contribution in [2.75, 3.05) is 0 Å². The van der Waals surface area contributed by atoms with E-state index in [1.165, 1.54) is 11.1 Å². The molecule has 1 aromatic rings. The molecule has 1 aromatic carbocycles. The van der Waals surface area contributed by atoms with Crippen molar-refractivity contribution in [2.45, 2.75) is 54.4 Å². The van der Waals surface area contributed by atoms with Gasteiger partial charge in [0.2, 0.25) is 0 Å². The zero-order valence-electron chi connectivity index (χ0n) is 12.6. The van der Waals surface area contributed by atoms with E-state index in [4.69, 9.17) is 0 Å². The van der Waals surface area contributed by atoms with Gasteiger partial charge in [0.1, 0.15) is 0 Å². The molecule has 0 fully saturated rings. The molecule has 0 spiro atoms. The van der Waals surface area contributed by atoms with Gasteiger partial charge in [-0.15, -0.1) is 0 Å². The van der Waals surface area contributed by atoms with Crippen LogP contribution >= 0.6 is 0 Å². The molecule has 17 heavy (non-hydrogen) atoms. The normalized spacial score (nSPS) is 12.1. The first-order valence-electron chi connectivity index (χ1n) is 6.16. The Morgan fingerprint density at radius 3 is 1.47 bits per heavy atom. The summed E-state index contributed by atoms with van der Waals surface area (Å²) in [7, 11) is 0. The van der Waals surface area contributed by atoms with Gasteiger partial charge in [-0.25, -0.2) is 0 Å². The van der Waals surface area contributed by atoms with Gasteiger partial charge in [0.05, 0.1) is 0 Å². The van der Waals surface area contributed by atoms with E-state index < -0.39 is 0 Å². The maximum absolute atomic E-state index is 3.56. The monoisotopic (exact) mass is 224 g/mol. The van der Waals surface area contributed by atoms with Gasteiger partial charge >= 0.3 is 18.9 Å². The molecule has 0 aliphatic rings. The fourth-order valence-corrected chi connectivity index (χ4v) is 1.92. The Balaban J connectivity index is 0.00000256. The molecule has 0 N–H and O–H groups in total. The van der Waals surface area contributed by atoms with E-state index in [9.17, 15) is 0 Å². The van der Waals surface area contributed by atoms with Crippen molar-refractivity contribution < 1.29 is 18.9 Å². The third kappa shape index (κ3) is 7.69. The van der Waals surface area contributed by atoms with Crippen LogP contribution in [0.2, 0.25) is 0 Å². The molecule has 0 unspecified atom stereocenters. The summed E-state index contributed by atoms with van der Waals surface area (Å²) in [6, 6.07) is 10.1. The van der Waals surface area contributed by atoms with E-state index in [2.05, 4.69) is 65.8 Å². The minimum Gasteiger partial charge on any atom is -0.177 e. The first kappa shape index (κ1) is 16.8. The number of benzene rings is 1. The van der Waals surface area contributed by atoms with Crippen molar-refractivity contribution >= 4 is 0 Å². The van der Waals surface area contributed by atoms with Crippen molar-refractivity contribution in [1.29, 1.82) is 0 Å². The van der Waals surface area contributed by atoms with E-state index in [0.717, 1.165) is 12.8 Å². The second kappa shape index (κ2) is 6.12. The van der Waals surface area contributed by atoms with Crippen molar-refractivity contribution in [3.05, 3.63) is 35.4 Å². The SMILES string of the molecule is CC(C)(C)Cc1[c-]c(CC(C)(C)C)ccc1.[Li+]. The van der Waals surface area contributed by atoms with Gasteiger partial charge in [0, 0.05) is 0 Å². The Labute approximate surface area is 119 Å². The summed E-state index contributed by atoms with van der Waals surface area (Å²) in [5.41, 5.74) is 3.37. The van der Waals surface area contributed by atoms with Gasteiger partial charge in [-0.2, -0.15) is 35.4 Å². The smallest absolute Gasteiger partial charge is 0.177 e. The van der Waals surface area contributed by atoms with Crippen LogP contribution in [0, 0.1) is 16.9 Å². The molecule has 0 bridgehead atoms. The van der Waals surface area contributed by atoms with Gasteiger partial charge in [0.15, 0.2) is 0 Å². The van der Waals surface area contributed by atoms with Gasteiger partial charge in [-0.3, -0.25) is 0 Å². The zero-order chi connectivity index (χ0) is 12.4. The predicted octanol–water partition coefficient (Wildman–Crippen LogP) is 1.67. The van der Waals surface area contributed by atoms with Crippen molar-refractivity contribution in [2.24, 2.45) is 10.8 Å². The quantitative estimate of drug-likeness (QED) is 0.529. The van der Waals surface area contributed by atoms with Crippen molar-refractivity contribution in [3.63, 3.8) is 0 Å². The molecule has 0 heterocycles. The van der Waals surface area contributed by atoms with Gasteiger partial charge in [0.25, 0.3) is 0 Å². The first-order chi connectivity index (χ1) is 7.16. The predicted molar refractivity (Wildman–Crippen MR) is 71.6 cm³/mol. The van der Waals surface area contributed by atoms with Crippen LogP contribution in [0.3, 0.4) is 0 Å². The summed E-state index contributed by atoms with van der Waals surface area (Å²) < 4.78 is 0. The van der Waals surface area contributed by atoms with Gasteiger partial charge in [-0.1, -0.05) is 41.5 Å². The fourth-order valence-electron chi connectivity index (χ4n) is 1.92. The molecule has 1 heteroatoms. The second-order valence-corrected chi connectivity index (χ2v) is 7.18. The summed E-state index contributed by atoms with van der Waals surface area (Å²) in [5.74, 6) is 0. The molecule has 0 radical (unpaired) electrons.